The molecule has 14 nitrogen and oxygen atoms in total. The first-order valence-corrected chi connectivity index (χ1v) is 10.3. The van der Waals surface area contributed by atoms with Gasteiger partial charge >= 0.3 is 5.97 Å². The molecule has 2 aliphatic rings. The lowest BCUT2D eigenvalue weighted by molar-refractivity contribution is -0.0501. The van der Waals surface area contributed by atoms with Gasteiger partial charge < -0.3 is 30.5 Å². The second kappa shape index (κ2) is 8.05. The minimum Gasteiger partial charge on any atom is -0.476 e. The molecule has 1 aliphatic carbocycles. The molecule has 0 spiro atoms. The molecule has 2 fully saturated rings. The van der Waals surface area contributed by atoms with Gasteiger partial charge in [0.05, 0.1) is 19.0 Å². The SMILES string of the molecule is O=C(O)c1cn(-c2ncc3nc(NC4CCCC4)n(C4O[C@H](CO)[C@@H](O)[C@H]4O)c3n2)nn1. The van der Waals surface area contributed by atoms with Gasteiger partial charge in [-0.15, -0.1) is 5.10 Å². The van der Waals surface area contributed by atoms with E-state index in [0.29, 0.717) is 11.5 Å². The third-order valence-electron chi connectivity index (χ3n) is 5.80. The van der Waals surface area contributed by atoms with Crippen LogP contribution < -0.4 is 5.32 Å². The van der Waals surface area contributed by atoms with Crippen molar-refractivity contribution in [3.8, 4) is 5.95 Å². The van der Waals surface area contributed by atoms with E-state index in [1.54, 1.807) is 0 Å². The van der Waals surface area contributed by atoms with Gasteiger partial charge in [-0.2, -0.15) is 9.67 Å². The molecule has 1 unspecified atom stereocenters. The number of carbonyl (C=O) groups is 1. The van der Waals surface area contributed by atoms with Gasteiger partial charge in [0.25, 0.3) is 5.95 Å². The Morgan fingerprint density at radius 2 is 2.00 bits per heavy atom. The first-order valence-electron chi connectivity index (χ1n) is 10.3. The van der Waals surface area contributed by atoms with Crippen molar-refractivity contribution in [3.63, 3.8) is 0 Å². The van der Waals surface area contributed by atoms with Crippen molar-refractivity contribution >= 4 is 23.1 Å². The molecule has 0 bridgehead atoms. The zero-order chi connectivity index (χ0) is 22.4. The van der Waals surface area contributed by atoms with Crippen molar-refractivity contribution in [2.24, 2.45) is 0 Å². The first-order chi connectivity index (χ1) is 15.5. The number of aliphatic hydroxyl groups is 3. The largest absolute Gasteiger partial charge is 0.476 e. The lowest BCUT2D eigenvalue weighted by Crippen LogP contribution is -2.33. The molecular weight excluding hydrogens is 424 g/mol. The maximum absolute atomic E-state index is 11.1. The van der Waals surface area contributed by atoms with E-state index in [4.69, 9.17) is 9.84 Å². The maximum atomic E-state index is 11.1. The molecule has 0 aromatic carbocycles. The average Bonchev–Trinajstić information content (AvgIpc) is 3.56. The summed E-state index contributed by atoms with van der Waals surface area (Å²) in [6, 6.07) is 0.184. The number of imidazole rings is 1. The van der Waals surface area contributed by atoms with Crippen LogP contribution in [-0.4, -0.2) is 91.9 Å². The lowest BCUT2D eigenvalue weighted by atomic mass is 10.1. The number of aromatic carboxylic acids is 1. The number of carboxylic acid groups (broad SMARTS) is 1. The Morgan fingerprint density at radius 3 is 2.66 bits per heavy atom. The average molecular weight is 446 g/mol. The number of fused-ring (bicyclic) bond motifs is 1. The van der Waals surface area contributed by atoms with E-state index in [1.807, 2.05) is 0 Å². The molecule has 32 heavy (non-hydrogen) atoms. The number of rotatable bonds is 6. The lowest BCUT2D eigenvalue weighted by Gasteiger charge is -2.21. The number of nitrogens with one attached hydrogen (secondary N) is 1. The predicted molar refractivity (Wildman–Crippen MR) is 106 cm³/mol. The fourth-order valence-corrected chi connectivity index (χ4v) is 4.14. The summed E-state index contributed by atoms with van der Waals surface area (Å²) in [6.45, 7) is -0.468. The van der Waals surface area contributed by atoms with Crippen LogP contribution in [0.1, 0.15) is 42.4 Å². The highest BCUT2D eigenvalue weighted by atomic mass is 16.6. The molecule has 14 heteroatoms. The molecule has 170 valence electrons. The zero-order valence-corrected chi connectivity index (χ0v) is 16.8. The first kappa shape index (κ1) is 20.7. The minimum atomic E-state index is -1.34. The molecule has 3 aromatic heterocycles. The number of ether oxygens (including phenoxy) is 1. The predicted octanol–water partition coefficient (Wildman–Crippen LogP) is -0.929. The molecule has 1 saturated heterocycles. The van der Waals surface area contributed by atoms with Gasteiger partial charge in [-0.1, -0.05) is 18.1 Å². The Labute approximate surface area is 180 Å². The third-order valence-corrected chi connectivity index (χ3v) is 5.80. The Morgan fingerprint density at radius 1 is 1.22 bits per heavy atom. The van der Waals surface area contributed by atoms with Crippen molar-refractivity contribution in [1.82, 2.24) is 34.5 Å². The Kier molecular flexibility index (Phi) is 5.21. The van der Waals surface area contributed by atoms with E-state index in [2.05, 4.69) is 30.6 Å². The molecule has 5 N–H and O–H groups in total. The summed E-state index contributed by atoms with van der Waals surface area (Å²) in [5, 5.41) is 50.1. The summed E-state index contributed by atoms with van der Waals surface area (Å²) in [5.41, 5.74) is 0.400. The van der Waals surface area contributed by atoms with Crippen LogP contribution in [0.25, 0.3) is 17.1 Å². The van der Waals surface area contributed by atoms with Gasteiger partial charge in [0, 0.05) is 6.04 Å². The van der Waals surface area contributed by atoms with Crippen molar-refractivity contribution in [3.05, 3.63) is 18.1 Å². The number of carboxylic acids is 1. The van der Waals surface area contributed by atoms with Gasteiger partial charge in [0.15, 0.2) is 17.6 Å². The van der Waals surface area contributed by atoms with Crippen molar-refractivity contribution in [2.45, 2.75) is 56.3 Å². The number of hydrogen-bond donors (Lipinski definition) is 5. The van der Waals surface area contributed by atoms with Crippen LogP contribution in [0.4, 0.5) is 5.95 Å². The van der Waals surface area contributed by atoms with Crippen LogP contribution in [0.15, 0.2) is 12.4 Å². The normalized spacial score (nSPS) is 26.2. The molecule has 4 atom stereocenters. The van der Waals surface area contributed by atoms with E-state index in [-0.39, 0.29) is 23.3 Å². The summed E-state index contributed by atoms with van der Waals surface area (Å²) in [4.78, 5) is 24.3. The monoisotopic (exact) mass is 446 g/mol. The summed E-state index contributed by atoms with van der Waals surface area (Å²) < 4.78 is 8.37. The second-order valence-electron chi connectivity index (χ2n) is 7.89. The third kappa shape index (κ3) is 3.46. The molecule has 3 aromatic rings. The van der Waals surface area contributed by atoms with Crippen LogP contribution >= 0.6 is 0 Å². The number of anilines is 1. The quantitative estimate of drug-likeness (QED) is 0.313. The van der Waals surface area contributed by atoms with Gasteiger partial charge in [-0.25, -0.2) is 14.8 Å². The number of hydrogen-bond acceptors (Lipinski definition) is 11. The van der Waals surface area contributed by atoms with Crippen LogP contribution in [0.3, 0.4) is 0 Å². The van der Waals surface area contributed by atoms with E-state index >= 15 is 0 Å². The van der Waals surface area contributed by atoms with E-state index in [9.17, 15) is 20.1 Å². The van der Waals surface area contributed by atoms with Crippen molar-refractivity contribution in [1.29, 1.82) is 0 Å². The van der Waals surface area contributed by atoms with E-state index in [0.717, 1.165) is 30.4 Å². The summed E-state index contributed by atoms with van der Waals surface area (Å²) in [6.07, 6.45) is 2.06. The van der Waals surface area contributed by atoms with Crippen molar-refractivity contribution in [2.75, 3.05) is 11.9 Å². The standard InChI is InChI=1S/C18H22N8O6/c27-7-11-12(28)13(29)15(32-11)26-14-9(21-18(26)20-8-3-1-2-4-8)5-19-17(22-14)25-6-10(16(30)31)23-24-25/h5-6,8,11-13,15,27-29H,1-4,7H2,(H,20,21)(H,30,31)/t11-,12-,13-,15?/m1/s1. The van der Waals surface area contributed by atoms with Gasteiger partial charge in [0.1, 0.15) is 23.8 Å². The zero-order valence-electron chi connectivity index (χ0n) is 16.8. The fourth-order valence-electron chi connectivity index (χ4n) is 4.14. The molecule has 4 heterocycles. The maximum Gasteiger partial charge on any atom is 0.358 e. The Balaban J connectivity index is 1.60. The van der Waals surface area contributed by atoms with Crippen LogP contribution in [-0.2, 0) is 4.74 Å². The van der Waals surface area contributed by atoms with Crippen LogP contribution in [0, 0.1) is 0 Å². The molecule has 0 amide bonds. The molecule has 5 rings (SSSR count). The second-order valence-corrected chi connectivity index (χ2v) is 7.89. The van der Waals surface area contributed by atoms with Crippen LogP contribution in [0.2, 0.25) is 0 Å². The number of aliphatic hydroxyl groups excluding tert-OH is 3. The van der Waals surface area contributed by atoms with E-state index < -0.39 is 37.1 Å². The van der Waals surface area contributed by atoms with E-state index in [1.165, 1.54) is 17.0 Å². The number of aromatic nitrogens is 7. The topological polar surface area (TPSA) is 194 Å². The molecular formula is C18H22N8O6. The van der Waals surface area contributed by atoms with Crippen molar-refractivity contribution < 1.29 is 30.0 Å². The smallest absolute Gasteiger partial charge is 0.358 e. The highest BCUT2D eigenvalue weighted by Gasteiger charge is 2.45. The highest BCUT2D eigenvalue weighted by Crippen LogP contribution is 2.35. The van der Waals surface area contributed by atoms with Gasteiger partial charge in [0.2, 0.25) is 5.95 Å². The van der Waals surface area contributed by atoms with Gasteiger partial charge in [-0.3, -0.25) is 4.57 Å². The fraction of sp³-hybridized carbons (Fsp3) is 0.556. The highest BCUT2D eigenvalue weighted by molar-refractivity contribution is 5.84. The summed E-state index contributed by atoms with van der Waals surface area (Å²) in [7, 11) is 0. The Bertz CT molecular complexity index is 1140. The summed E-state index contributed by atoms with van der Waals surface area (Å²) in [5.74, 6) is -0.812. The number of nitrogens with zero attached hydrogens (tertiary/aromatic N) is 7. The molecule has 0 radical (unpaired) electrons. The van der Waals surface area contributed by atoms with Gasteiger partial charge in [-0.05, 0) is 12.8 Å². The minimum absolute atomic E-state index is 0.0396. The van der Waals surface area contributed by atoms with Crippen LogP contribution in [0.5, 0.6) is 0 Å². The Hall–Kier alpha value is -3.20. The summed E-state index contributed by atoms with van der Waals surface area (Å²) >= 11 is 0. The molecule has 1 aliphatic heterocycles. The molecule has 1 saturated carbocycles.